The minimum absolute atomic E-state index is 0.186. The van der Waals surface area contributed by atoms with Gasteiger partial charge in [0.2, 0.25) is 0 Å². The summed E-state index contributed by atoms with van der Waals surface area (Å²) in [5, 5.41) is 4.82. The van der Waals surface area contributed by atoms with Gasteiger partial charge in [0.05, 0.1) is 6.04 Å². The maximum atomic E-state index is 6.32. The van der Waals surface area contributed by atoms with Gasteiger partial charge in [0.15, 0.2) is 10.8 Å². The lowest BCUT2D eigenvalue weighted by Gasteiger charge is -2.52. The maximum absolute atomic E-state index is 6.32. The van der Waals surface area contributed by atoms with E-state index in [-0.39, 0.29) is 6.04 Å². The van der Waals surface area contributed by atoms with E-state index in [1.807, 2.05) is 47.4 Å². The van der Waals surface area contributed by atoms with Crippen LogP contribution in [0, 0.1) is 0 Å². The topological polar surface area (TPSA) is 24.5 Å². The second-order valence-electron chi connectivity index (χ2n) is 5.83. The molecule has 2 atom stereocenters. The van der Waals surface area contributed by atoms with Crippen molar-refractivity contribution in [2.75, 3.05) is 4.90 Å². The third-order valence-electron chi connectivity index (χ3n) is 4.27. The van der Waals surface area contributed by atoms with Crippen molar-refractivity contribution in [3.8, 4) is 5.75 Å². The van der Waals surface area contributed by atoms with E-state index in [2.05, 4.69) is 18.3 Å². The molecule has 0 saturated carbocycles. The van der Waals surface area contributed by atoms with Gasteiger partial charge in [-0.25, -0.2) is 0 Å². The largest absolute Gasteiger partial charge is 0.467 e. The standard InChI is InChI=1S/C17H15ClN2OS/c1-17-10-14(13-4-2-3-5-15(13)21-17)19-16(22)20(17)12-8-6-11(18)7-9-12/h2-9,14H,10H2,1H3,(H,19,22)/t14-,17-/m0/s1. The van der Waals surface area contributed by atoms with E-state index in [1.54, 1.807) is 0 Å². The number of fused-ring (bicyclic) bond motifs is 4. The fourth-order valence-electron chi connectivity index (χ4n) is 3.30. The fourth-order valence-corrected chi connectivity index (χ4v) is 3.87. The summed E-state index contributed by atoms with van der Waals surface area (Å²) in [6.07, 6.45) is 0.826. The highest BCUT2D eigenvalue weighted by atomic mass is 35.5. The molecule has 0 amide bonds. The third-order valence-corrected chi connectivity index (χ3v) is 4.82. The summed E-state index contributed by atoms with van der Waals surface area (Å²) in [6.45, 7) is 2.08. The van der Waals surface area contributed by atoms with Crippen LogP contribution in [0.4, 0.5) is 5.69 Å². The highest BCUT2D eigenvalue weighted by molar-refractivity contribution is 7.80. The Bertz CT molecular complexity index is 749. The Hall–Kier alpha value is -1.78. The Kier molecular flexibility index (Phi) is 3.06. The van der Waals surface area contributed by atoms with E-state index in [4.69, 9.17) is 28.6 Å². The molecule has 2 heterocycles. The van der Waals surface area contributed by atoms with Crippen molar-refractivity contribution in [1.82, 2.24) is 5.32 Å². The molecule has 0 spiro atoms. The highest BCUT2D eigenvalue weighted by Gasteiger charge is 2.48. The minimum Gasteiger partial charge on any atom is -0.467 e. The lowest BCUT2D eigenvalue weighted by molar-refractivity contribution is 0.0498. The molecule has 3 nitrogen and oxygen atoms in total. The second-order valence-corrected chi connectivity index (χ2v) is 6.66. The van der Waals surface area contributed by atoms with Crippen LogP contribution in [0.15, 0.2) is 48.5 Å². The van der Waals surface area contributed by atoms with Crippen molar-refractivity contribution in [3.63, 3.8) is 0 Å². The summed E-state index contributed by atoms with van der Waals surface area (Å²) in [5.74, 6) is 0.912. The zero-order valence-corrected chi connectivity index (χ0v) is 13.6. The Balaban J connectivity index is 1.80. The van der Waals surface area contributed by atoms with E-state index >= 15 is 0 Å². The molecule has 0 unspecified atom stereocenters. The first-order valence-electron chi connectivity index (χ1n) is 7.21. The SMILES string of the molecule is C[C@]12C[C@H](NC(=S)N1c1ccc(Cl)cc1)c1ccccc1O2. The molecule has 2 aliphatic rings. The van der Waals surface area contributed by atoms with Crippen molar-refractivity contribution in [2.45, 2.75) is 25.1 Å². The average Bonchev–Trinajstić information content (AvgIpc) is 2.48. The number of benzene rings is 2. The summed E-state index contributed by atoms with van der Waals surface area (Å²) in [6, 6.07) is 16.0. The lowest BCUT2D eigenvalue weighted by Crippen LogP contribution is -2.65. The van der Waals surface area contributed by atoms with Crippen molar-refractivity contribution < 1.29 is 4.74 Å². The first-order chi connectivity index (χ1) is 10.6. The van der Waals surface area contributed by atoms with Crippen molar-refractivity contribution >= 4 is 34.6 Å². The zero-order valence-electron chi connectivity index (χ0n) is 12.0. The van der Waals surface area contributed by atoms with Crippen LogP contribution in [-0.2, 0) is 0 Å². The lowest BCUT2D eigenvalue weighted by atomic mass is 9.90. The van der Waals surface area contributed by atoms with Gasteiger partial charge in [-0.05, 0) is 49.5 Å². The van der Waals surface area contributed by atoms with Gasteiger partial charge < -0.3 is 10.1 Å². The van der Waals surface area contributed by atoms with Gasteiger partial charge in [-0.2, -0.15) is 0 Å². The quantitative estimate of drug-likeness (QED) is 0.789. The number of nitrogens with one attached hydrogen (secondary N) is 1. The first-order valence-corrected chi connectivity index (χ1v) is 8.00. The molecule has 22 heavy (non-hydrogen) atoms. The summed E-state index contributed by atoms with van der Waals surface area (Å²) in [5.41, 5.74) is 1.63. The zero-order chi connectivity index (χ0) is 15.3. The fraction of sp³-hybridized carbons (Fsp3) is 0.235. The summed E-state index contributed by atoms with van der Waals surface area (Å²) in [7, 11) is 0. The van der Waals surface area contributed by atoms with Gasteiger partial charge in [-0.3, -0.25) is 4.90 Å². The Morgan fingerprint density at radius 1 is 1.23 bits per heavy atom. The average molecular weight is 331 g/mol. The molecule has 0 aromatic heterocycles. The maximum Gasteiger partial charge on any atom is 0.188 e. The molecule has 112 valence electrons. The van der Waals surface area contributed by atoms with Crippen molar-refractivity contribution in [1.29, 1.82) is 0 Å². The van der Waals surface area contributed by atoms with E-state index in [0.29, 0.717) is 10.1 Å². The van der Waals surface area contributed by atoms with Gasteiger partial charge in [0.25, 0.3) is 0 Å². The van der Waals surface area contributed by atoms with Crippen LogP contribution >= 0.6 is 23.8 Å². The van der Waals surface area contributed by atoms with Gasteiger partial charge in [0.1, 0.15) is 5.75 Å². The number of hydrogen-bond donors (Lipinski definition) is 1. The van der Waals surface area contributed by atoms with Crippen LogP contribution in [0.25, 0.3) is 0 Å². The molecule has 2 aromatic rings. The predicted molar refractivity (Wildman–Crippen MR) is 92.5 cm³/mol. The first kappa shape index (κ1) is 13.9. The van der Waals surface area contributed by atoms with Crippen LogP contribution < -0.4 is 15.0 Å². The molecule has 0 radical (unpaired) electrons. The molecule has 2 bridgehead atoms. The minimum atomic E-state index is -0.505. The monoisotopic (exact) mass is 330 g/mol. The smallest absolute Gasteiger partial charge is 0.188 e. The highest BCUT2D eigenvalue weighted by Crippen LogP contribution is 2.45. The van der Waals surface area contributed by atoms with E-state index in [1.165, 1.54) is 0 Å². The number of hydrogen-bond acceptors (Lipinski definition) is 2. The number of rotatable bonds is 1. The number of thiocarbonyl (C=S) groups is 1. The number of para-hydroxylation sites is 1. The predicted octanol–water partition coefficient (Wildman–Crippen LogP) is 4.27. The van der Waals surface area contributed by atoms with E-state index in [0.717, 1.165) is 23.4 Å². The Morgan fingerprint density at radius 3 is 2.73 bits per heavy atom. The number of anilines is 1. The number of ether oxygens (including phenoxy) is 1. The molecular formula is C17H15ClN2OS. The summed E-state index contributed by atoms with van der Waals surface area (Å²) in [4.78, 5) is 2.03. The second kappa shape index (κ2) is 4.86. The molecule has 1 N–H and O–H groups in total. The molecule has 5 heteroatoms. The van der Waals surface area contributed by atoms with Crippen molar-refractivity contribution in [2.24, 2.45) is 0 Å². The van der Waals surface area contributed by atoms with Gasteiger partial charge in [-0.1, -0.05) is 29.8 Å². The summed E-state index contributed by atoms with van der Waals surface area (Å²) >= 11 is 11.6. The van der Waals surface area contributed by atoms with Gasteiger partial charge in [0, 0.05) is 22.7 Å². The molecule has 1 fully saturated rings. The summed E-state index contributed by atoms with van der Waals surface area (Å²) < 4.78 is 6.32. The van der Waals surface area contributed by atoms with Crippen LogP contribution in [0.1, 0.15) is 24.9 Å². The van der Waals surface area contributed by atoms with Crippen LogP contribution in [0.5, 0.6) is 5.75 Å². The molecule has 2 aliphatic heterocycles. The molecule has 1 saturated heterocycles. The van der Waals surface area contributed by atoms with Gasteiger partial charge in [-0.15, -0.1) is 0 Å². The molecular weight excluding hydrogens is 316 g/mol. The van der Waals surface area contributed by atoms with E-state index < -0.39 is 5.72 Å². The number of halogens is 1. The van der Waals surface area contributed by atoms with Gasteiger partial charge >= 0.3 is 0 Å². The Morgan fingerprint density at radius 2 is 1.95 bits per heavy atom. The molecule has 4 rings (SSSR count). The van der Waals surface area contributed by atoms with Crippen LogP contribution in [-0.4, -0.2) is 10.8 Å². The molecule has 2 aromatic carbocycles. The molecule has 0 aliphatic carbocycles. The van der Waals surface area contributed by atoms with E-state index in [9.17, 15) is 0 Å². The third kappa shape index (κ3) is 2.06. The van der Waals surface area contributed by atoms with Crippen LogP contribution in [0.2, 0.25) is 5.02 Å². The van der Waals surface area contributed by atoms with Crippen LogP contribution in [0.3, 0.4) is 0 Å². The normalized spacial score (nSPS) is 26.0. The Labute approximate surface area is 139 Å². The number of nitrogens with zero attached hydrogens (tertiary/aromatic N) is 1. The van der Waals surface area contributed by atoms with Crippen molar-refractivity contribution in [3.05, 3.63) is 59.1 Å².